The number of aromatic nitrogens is 1. The zero-order chi connectivity index (χ0) is 17.1. The number of amides is 2. The Morgan fingerprint density at radius 2 is 2.16 bits per heavy atom. The van der Waals surface area contributed by atoms with E-state index < -0.39 is 6.04 Å². The van der Waals surface area contributed by atoms with E-state index in [9.17, 15) is 9.59 Å². The minimum atomic E-state index is -0.569. The molecule has 0 aliphatic carbocycles. The Balaban J connectivity index is 0.00000225. The van der Waals surface area contributed by atoms with E-state index in [2.05, 4.69) is 10.3 Å². The topological polar surface area (TPSA) is 91.2 Å². The number of likely N-dealkylation sites (tertiary alicyclic amines) is 1. The summed E-state index contributed by atoms with van der Waals surface area (Å²) in [6, 6.07) is 7.46. The monoisotopic (exact) mass is 364 g/mol. The van der Waals surface area contributed by atoms with Gasteiger partial charge in [0.05, 0.1) is 6.04 Å². The quantitative estimate of drug-likeness (QED) is 0.769. The van der Waals surface area contributed by atoms with Gasteiger partial charge in [0.25, 0.3) is 0 Å². The first-order valence-electron chi connectivity index (χ1n) is 8.41. The molecule has 1 aliphatic rings. The normalized spacial score (nSPS) is 18.5. The Morgan fingerprint density at radius 1 is 1.40 bits per heavy atom. The van der Waals surface area contributed by atoms with E-state index in [1.807, 2.05) is 30.5 Å². The lowest BCUT2D eigenvalue weighted by Gasteiger charge is -2.34. The summed E-state index contributed by atoms with van der Waals surface area (Å²) in [6.45, 7) is 2.75. The summed E-state index contributed by atoms with van der Waals surface area (Å²) in [5, 5.41) is 4.00. The first kappa shape index (κ1) is 19.3. The molecule has 0 spiro atoms. The number of hydrogen-bond donors (Lipinski definition) is 3. The molecule has 1 aromatic heterocycles. The third-order valence-electron chi connectivity index (χ3n) is 4.57. The van der Waals surface area contributed by atoms with Crippen molar-refractivity contribution in [3.05, 3.63) is 36.0 Å². The van der Waals surface area contributed by atoms with Gasteiger partial charge in [0, 0.05) is 43.2 Å². The Bertz CT molecular complexity index is 746. The lowest BCUT2D eigenvalue weighted by Crippen LogP contribution is -2.53. The molecule has 1 fully saturated rings. The van der Waals surface area contributed by atoms with E-state index in [-0.39, 0.29) is 30.3 Å². The van der Waals surface area contributed by atoms with Crippen LogP contribution in [0.25, 0.3) is 10.9 Å². The highest BCUT2D eigenvalue weighted by atomic mass is 35.5. The van der Waals surface area contributed by atoms with Gasteiger partial charge in [-0.15, -0.1) is 12.4 Å². The molecule has 136 valence electrons. The van der Waals surface area contributed by atoms with Crippen LogP contribution in [0.3, 0.4) is 0 Å². The number of hydrogen-bond acceptors (Lipinski definition) is 3. The molecule has 1 aliphatic heterocycles. The number of aromatic amines is 1. The molecule has 25 heavy (non-hydrogen) atoms. The molecule has 7 heteroatoms. The van der Waals surface area contributed by atoms with Gasteiger partial charge in [0.2, 0.25) is 11.8 Å². The molecule has 0 bridgehead atoms. The third-order valence-corrected chi connectivity index (χ3v) is 4.57. The van der Waals surface area contributed by atoms with E-state index >= 15 is 0 Å². The first-order chi connectivity index (χ1) is 11.5. The van der Waals surface area contributed by atoms with Crippen molar-refractivity contribution >= 4 is 35.1 Å². The van der Waals surface area contributed by atoms with Gasteiger partial charge < -0.3 is 20.9 Å². The predicted octanol–water partition coefficient (Wildman–Crippen LogP) is 1.59. The maximum absolute atomic E-state index is 12.7. The summed E-state index contributed by atoms with van der Waals surface area (Å²) in [5.41, 5.74) is 8.29. The number of benzene rings is 1. The Hall–Kier alpha value is -2.05. The van der Waals surface area contributed by atoms with Crippen LogP contribution in [-0.4, -0.2) is 46.9 Å². The Kier molecular flexibility index (Phi) is 6.45. The summed E-state index contributed by atoms with van der Waals surface area (Å²) in [6.07, 6.45) is 4.22. The van der Waals surface area contributed by atoms with Gasteiger partial charge in [-0.25, -0.2) is 0 Å². The van der Waals surface area contributed by atoms with Crippen LogP contribution in [0.15, 0.2) is 30.5 Å². The largest absolute Gasteiger partial charge is 0.361 e. The molecule has 1 aromatic carbocycles. The van der Waals surface area contributed by atoms with Gasteiger partial charge in [-0.1, -0.05) is 18.2 Å². The lowest BCUT2D eigenvalue weighted by atomic mass is 10.0. The van der Waals surface area contributed by atoms with Gasteiger partial charge in [-0.2, -0.15) is 0 Å². The molecule has 2 amide bonds. The van der Waals surface area contributed by atoms with E-state index in [0.717, 1.165) is 29.3 Å². The summed E-state index contributed by atoms with van der Waals surface area (Å²) in [7, 11) is 0. The SMILES string of the molecule is CC(=O)NC1CCCN(C(=O)[C@@H](N)Cc2c[nH]c3ccccc23)C1.Cl. The molecule has 0 saturated carbocycles. The number of piperidine rings is 1. The molecular weight excluding hydrogens is 340 g/mol. The maximum Gasteiger partial charge on any atom is 0.239 e. The number of para-hydroxylation sites is 1. The number of nitrogens with two attached hydrogens (primary N) is 1. The maximum atomic E-state index is 12.7. The van der Waals surface area contributed by atoms with Crippen LogP contribution in [0.5, 0.6) is 0 Å². The fourth-order valence-corrected chi connectivity index (χ4v) is 3.44. The molecule has 1 unspecified atom stereocenters. The third kappa shape index (κ3) is 4.52. The highest BCUT2D eigenvalue weighted by Gasteiger charge is 2.27. The fraction of sp³-hybridized carbons (Fsp3) is 0.444. The average Bonchev–Trinajstić information content (AvgIpc) is 2.97. The molecule has 3 rings (SSSR count). The number of nitrogens with zero attached hydrogens (tertiary/aromatic N) is 1. The van der Waals surface area contributed by atoms with Gasteiger partial charge in [-0.05, 0) is 30.9 Å². The van der Waals surface area contributed by atoms with Crippen molar-refractivity contribution in [2.75, 3.05) is 13.1 Å². The molecule has 2 aromatic rings. The summed E-state index contributed by atoms with van der Waals surface area (Å²) in [5.74, 6) is -0.104. The van der Waals surface area contributed by atoms with Crippen LogP contribution in [0, 0.1) is 0 Å². The summed E-state index contributed by atoms with van der Waals surface area (Å²) < 4.78 is 0. The van der Waals surface area contributed by atoms with Crippen LogP contribution in [0.2, 0.25) is 0 Å². The summed E-state index contributed by atoms with van der Waals surface area (Å²) in [4.78, 5) is 28.9. The highest BCUT2D eigenvalue weighted by molar-refractivity contribution is 5.86. The number of carbonyl (C=O) groups excluding carboxylic acids is 2. The van der Waals surface area contributed by atoms with Crippen LogP contribution in [0.1, 0.15) is 25.3 Å². The summed E-state index contributed by atoms with van der Waals surface area (Å²) >= 11 is 0. The molecule has 6 nitrogen and oxygen atoms in total. The lowest BCUT2D eigenvalue weighted by molar-refractivity contribution is -0.134. The molecule has 0 radical (unpaired) electrons. The van der Waals surface area contributed by atoms with Crippen LogP contribution in [0.4, 0.5) is 0 Å². The van der Waals surface area contributed by atoms with E-state index in [0.29, 0.717) is 19.5 Å². The fourth-order valence-electron chi connectivity index (χ4n) is 3.44. The number of carbonyl (C=O) groups is 2. The van der Waals surface area contributed by atoms with Crippen molar-refractivity contribution in [3.8, 4) is 0 Å². The second-order valence-corrected chi connectivity index (χ2v) is 6.49. The Morgan fingerprint density at radius 3 is 2.92 bits per heavy atom. The number of H-pyrrole nitrogens is 1. The number of rotatable bonds is 4. The van der Waals surface area contributed by atoms with Crippen molar-refractivity contribution in [3.63, 3.8) is 0 Å². The molecule has 2 heterocycles. The first-order valence-corrected chi connectivity index (χ1v) is 8.41. The second-order valence-electron chi connectivity index (χ2n) is 6.49. The van der Waals surface area contributed by atoms with Crippen LogP contribution in [-0.2, 0) is 16.0 Å². The second kappa shape index (κ2) is 8.36. The van der Waals surface area contributed by atoms with Gasteiger partial charge >= 0.3 is 0 Å². The van der Waals surface area contributed by atoms with Crippen molar-refractivity contribution < 1.29 is 9.59 Å². The van der Waals surface area contributed by atoms with Crippen molar-refractivity contribution in [2.45, 2.75) is 38.3 Å². The van der Waals surface area contributed by atoms with Gasteiger partial charge in [0.15, 0.2) is 0 Å². The van der Waals surface area contributed by atoms with Crippen LogP contribution < -0.4 is 11.1 Å². The molecule has 1 saturated heterocycles. The van der Waals surface area contributed by atoms with Crippen molar-refractivity contribution in [2.24, 2.45) is 5.73 Å². The van der Waals surface area contributed by atoms with E-state index in [4.69, 9.17) is 5.73 Å². The van der Waals surface area contributed by atoms with Gasteiger partial charge in [0.1, 0.15) is 0 Å². The molecular formula is C18H25ClN4O2. The average molecular weight is 365 g/mol. The molecule has 4 N–H and O–H groups in total. The van der Waals surface area contributed by atoms with Gasteiger partial charge in [-0.3, -0.25) is 9.59 Å². The Labute approximate surface area is 153 Å². The number of nitrogens with one attached hydrogen (secondary N) is 2. The zero-order valence-corrected chi connectivity index (χ0v) is 15.1. The number of fused-ring (bicyclic) bond motifs is 1. The van der Waals surface area contributed by atoms with Crippen molar-refractivity contribution in [1.82, 2.24) is 15.2 Å². The van der Waals surface area contributed by atoms with E-state index in [1.54, 1.807) is 4.90 Å². The van der Waals surface area contributed by atoms with Crippen molar-refractivity contribution in [1.29, 1.82) is 0 Å². The number of halogens is 1. The zero-order valence-electron chi connectivity index (χ0n) is 14.3. The van der Waals surface area contributed by atoms with E-state index in [1.165, 1.54) is 6.92 Å². The van der Waals surface area contributed by atoms with Crippen LogP contribution >= 0.6 is 12.4 Å². The predicted molar refractivity (Wildman–Crippen MR) is 101 cm³/mol. The highest BCUT2D eigenvalue weighted by Crippen LogP contribution is 2.20. The minimum Gasteiger partial charge on any atom is -0.361 e. The smallest absolute Gasteiger partial charge is 0.239 e. The molecule has 2 atom stereocenters. The standard InChI is InChI=1S/C18H24N4O2.ClH/c1-12(23)21-14-5-4-8-22(11-14)18(24)16(19)9-13-10-20-17-7-3-2-6-15(13)17;/h2-3,6-7,10,14,16,20H,4-5,8-9,11,19H2,1H3,(H,21,23);1H/t14?,16-;/m0./s1. The minimum absolute atomic E-state index is 0.